The molecule has 3 rings (SSSR count). The maximum absolute atomic E-state index is 13.0. The minimum atomic E-state index is -0.458. The van der Waals surface area contributed by atoms with Crippen LogP contribution in [0.3, 0.4) is 0 Å². The average Bonchev–Trinajstić information content (AvgIpc) is 2.88. The van der Waals surface area contributed by atoms with Crippen molar-refractivity contribution in [3.63, 3.8) is 0 Å². The predicted molar refractivity (Wildman–Crippen MR) is 86.8 cm³/mol. The van der Waals surface area contributed by atoms with Crippen molar-refractivity contribution in [3.05, 3.63) is 71.7 Å². The van der Waals surface area contributed by atoms with Crippen molar-refractivity contribution in [3.8, 4) is 5.75 Å². The minimum Gasteiger partial charge on any atom is -0.497 e. The zero-order chi connectivity index (χ0) is 17.1. The third-order valence-corrected chi connectivity index (χ3v) is 3.65. The first kappa shape index (κ1) is 15.7. The molecule has 0 atom stereocenters. The summed E-state index contributed by atoms with van der Waals surface area (Å²) in [4.78, 5) is 25.4. The summed E-state index contributed by atoms with van der Waals surface area (Å²) in [5, 5.41) is 2.96. The predicted octanol–water partition coefficient (Wildman–Crippen LogP) is 2.38. The quantitative estimate of drug-likeness (QED) is 0.857. The fourth-order valence-electron chi connectivity index (χ4n) is 2.37. The van der Waals surface area contributed by atoms with Crippen LogP contribution in [0.5, 0.6) is 5.75 Å². The maximum atomic E-state index is 13.0. The van der Waals surface area contributed by atoms with Gasteiger partial charge in [-0.3, -0.25) is 9.59 Å². The molecule has 122 valence electrons. The summed E-state index contributed by atoms with van der Waals surface area (Å²) in [5.74, 6) is -0.597. The normalized spacial score (nSPS) is 13.9. The molecule has 1 aliphatic heterocycles. The topological polar surface area (TPSA) is 58.6 Å². The van der Waals surface area contributed by atoms with E-state index in [1.54, 1.807) is 7.11 Å². The molecule has 0 saturated carbocycles. The largest absolute Gasteiger partial charge is 0.497 e. The Morgan fingerprint density at radius 3 is 2.33 bits per heavy atom. The number of halogens is 1. The lowest BCUT2D eigenvalue weighted by atomic mass is 10.2. The van der Waals surface area contributed by atoms with Gasteiger partial charge in [-0.1, -0.05) is 12.1 Å². The van der Waals surface area contributed by atoms with Crippen molar-refractivity contribution in [2.75, 3.05) is 12.0 Å². The minimum absolute atomic E-state index is 0.208. The highest BCUT2D eigenvalue weighted by atomic mass is 19.1. The van der Waals surface area contributed by atoms with Gasteiger partial charge in [0.15, 0.2) is 0 Å². The highest BCUT2D eigenvalue weighted by Crippen LogP contribution is 2.22. The maximum Gasteiger partial charge on any atom is 0.281 e. The summed E-state index contributed by atoms with van der Waals surface area (Å²) in [5.41, 5.74) is 1.49. The Bertz CT molecular complexity index is 798. The Balaban J connectivity index is 1.68. The lowest BCUT2D eigenvalue weighted by Crippen LogP contribution is -2.33. The van der Waals surface area contributed by atoms with Gasteiger partial charge >= 0.3 is 0 Å². The van der Waals surface area contributed by atoms with Gasteiger partial charge in [0.1, 0.15) is 17.3 Å². The van der Waals surface area contributed by atoms with Crippen molar-refractivity contribution in [1.82, 2.24) is 5.32 Å². The van der Waals surface area contributed by atoms with E-state index in [4.69, 9.17) is 4.74 Å². The number of benzene rings is 2. The highest BCUT2D eigenvalue weighted by Gasteiger charge is 2.32. The Labute approximate surface area is 138 Å². The number of nitrogens with zero attached hydrogens (tertiary/aromatic N) is 1. The average molecular weight is 326 g/mol. The third kappa shape index (κ3) is 3.12. The van der Waals surface area contributed by atoms with E-state index in [0.29, 0.717) is 12.2 Å². The van der Waals surface area contributed by atoms with Crippen LogP contribution in [0.25, 0.3) is 0 Å². The molecule has 1 aliphatic rings. The molecule has 24 heavy (non-hydrogen) atoms. The number of amides is 2. The van der Waals surface area contributed by atoms with Crippen molar-refractivity contribution in [1.29, 1.82) is 0 Å². The number of ether oxygens (including phenoxy) is 1. The summed E-state index contributed by atoms with van der Waals surface area (Å²) >= 11 is 0. The second-order valence-electron chi connectivity index (χ2n) is 5.21. The number of hydrogen-bond donors (Lipinski definition) is 1. The molecule has 2 amide bonds. The van der Waals surface area contributed by atoms with E-state index in [-0.39, 0.29) is 5.70 Å². The van der Waals surface area contributed by atoms with Gasteiger partial charge in [0.2, 0.25) is 0 Å². The second-order valence-corrected chi connectivity index (χ2v) is 5.21. The van der Waals surface area contributed by atoms with Gasteiger partial charge in [-0.2, -0.15) is 0 Å². The molecule has 0 unspecified atom stereocenters. The summed E-state index contributed by atoms with van der Waals surface area (Å²) < 4.78 is 18.1. The van der Waals surface area contributed by atoms with Gasteiger partial charge < -0.3 is 10.1 Å². The number of carbonyl (C=O) groups is 2. The van der Waals surface area contributed by atoms with Crippen LogP contribution >= 0.6 is 0 Å². The van der Waals surface area contributed by atoms with Crippen LogP contribution in [0.2, 0.25) is 0 Å². The van der Waals surface area contributed by atoms with E-state index >= 15 is 0 Å². The number of carbonyl (C=O) groups excluding carboxylic acids is 2. The molecule has 0 aromatic heterocycles. The van der Waals surface area contributed by atoms with Crippen LogP contribution in [0.4, 0.5) is 10.1 Å². The molecule has 1 N–H and O–H groups in total. The van der Waals surface area contributed by atoms with E-state index in [2.05, 4.69) is 5.32 Å². The molecule has 1 heterocycles. The van der Waals surface area contributed by atoms with Crippen molar-refractivity contribution in [2.45, 2.75) is 6.54 Å². The van der Waals surface area contributed by atoms with Gasteiger partial charge in [0.05, 0.1) is 12.8 Å². The van der Waals surface area contributed by atoms with Crippen molar-refractivity contribution >= 4 is 17.5 Å². The molecular weight excluding hydrogens is 311 g/mol. The number of hydrogen-bond acceptors (Lipinski definition) is 4. The first-order chi connectivity index (χ1) is 11.6. The molecule has 0 spiro atoms. The Morgan fingerprint density at radius 1 is 1.04 bits per heavy atom. The van der Waals surface area contributed by atoms with Crippen molar-refractivity contribution < 1.29 is 18.7 Å². The van der Waals surface area contributed by atoms with E-state index in [0.717, 1.165) is 16.2 Å². The van der Waals surface area contributed by atoms with Gasteiger partial charge in [-0.05, 0) is 42.0 Å². The van der Waals surface area contributed by atoms with E-state index in [1.807, 2.05) is 24.3 Å². The second kappa shape index (κ2) is 6.54. The Kier molecular flexibility index (Phi) is 4.29. The molecule has 0 fully saturated rings. The van der Waals surface area contributed by atoms with Crippen LogP contribution in [0.1, 0.15) is 5.56 Å². The van der Waals surface area contributed by atoms with Crippen LogP contribution in [-0.2, 0) is 16.1 Å². The van der Waals surface area contributed by atoms with E-state index in [1.165, 1.54) is 30.3 Å². The highest BCUT2D eigenvalue weighted by molar-refractivity contribution is 6.30. The molecule has 0 aliphatic carbocycles. The Hall–Kier alpha value is -3.15. The zero-order valence-electron chi connectivity index (χ0n) is 13.0. The number of rotatable bonds is 5. The number of anilines is 1. The molecule has 6 heteroatoms. The summed E-state index contributed by atoms with van der Waals surface area (Å²) in [6.07, 6.45) is 1.25. The van der Waals surface area contributed by atoms with Crippen LogP contribution in [-0.4, -0.2) is 18.9 Å². The number of nitrogens with one attached hydrogen (secondary N) is 1. The standard InChI is InChI=1S/C18H15FN2O3/c1-24-15-8-2-12(3-9-15)11-20-16-10-17(22)21(18(16)23)14-6-4-13(19)5-7-14/h2-10,20H,11H2,1H3. The summed E-state index contributed by atoms with van der Waals surface area (Å²) in [6.45, 7) is 0.395. The lowest BCUT2D eigenvalue weighted by molar-refractivity contribution is -0.120. The van der Waals surface area contributed by atoms with Gasteiger partial charge in [-0.15, -0.1) is 0 Å². The summed E-state index contributed by atoms with van der Waals surface area (Å²) in [6, 6.07) is 12.6. The third-order valence-electron chi connectivity index (χ3n) is 3.65. The molecule has 2 aromatic carbocycles. The molecule has 0 radical (unpaired) electrons. The molecule has 0 saturated heterocycles. The lowest BCUT2D eigenvalue weighted by Gasteiger charge is -2.15. The molecular formula is C18H15FN2O3. The van der Waals surface area contributed by atoms with Crippen molar-refractivity contribution in [2.24, 2.45) is 0 Å². The van der Waals surface area contributed by atoms with Gasteiger partial charge in [0.25, 0.3) is 11.8 Å². The zero-order valence-corrected chi connectivity index (χ0v) is 13.0. The summed E-state index contributed by atoms with van der Waals surface area (Å²) in [7, 11) is 1.59. The number of imide groups is 1. The first-order valence-corrected chi connectivity index (χ1v) is 7.31. The van der Waals surface area contributed by atoms with E-state index in [9.17, 15) is 14.0 Å². The molecule has 2 aromatic rings. The van der Waals surface area contributed by atoms with Crippen LogP contribution in [0, 0.1) is 5.82 Å². The molecule has 0 bridgehead atoms. The SMILES string of the molecule is COc1ccc(CNC2=CC(=O)N(c3ccc(F)cc3)C2=O)cc1. The van der Waals surface area contributed by atoms with E-state index < -0.39 is 17.6 Å². The van der Waals surface area contributed by atoms with Gasteiger partial charge in [-0.25, -0.2) is 9.29 Å². The Morgan fingerprint density at radius 2 is 1.71 bits per heavy atom. The fourth-order valence-corrected chi connectivity index (χ4v) is 2.37. The number of methoxy groups -OCH3 is 1. The van der Waals surface area contributed by atoms with Gasteiger partial charge in [0, 0.05) is 12.6 Å². The molecule has 5 nitrogen and oxygen atoms in total. The van der Waals surface area contributed by atoms with Crippen LogP contribution < -0.4 is 15.0 Å². The smallest absolute Gasteiger partial charge is 0.281 e. The fraction of sp³-hybridized carbons (Fsp3) is 0.111. The first-order valence-electron chi connectivity index (χ1n) is 7.31. The monoisotopic (exact) mass is 326 g/mol. The van der Waals surface area contributed by atoms with Crippen LogP contribution in [0.15, 0.2) is 60.3 Å².